The first kappa shape index (κ1) is 32.0. The van der Waals surface area contributed by atoms with Crippen molar-refractivity contribution >= 4 is 11.7 Å². The van der Waals surface area contributed by atoms with Crippen LogP contribution in [-0.4, -0.2) is 39.7 Å². The molecule has 1 amide bonds. The van der Waals surface area contributed by atoms with Crippen LogP contribution in [0, 0.1) is 11.6 Å². The second kappa shape index (κ2) is 15.1. The molecule has 0 saturated heterocycles. The number of carbonyl (C=O) groups excluding carboxylic acids is 1. The summed E-state index contributed by atoms with van der Waals surface area (Å²) in [6.45, 7) is 3.34. The van der Waals surface area contributed by atoms with E-state index in [-0.39, 0.29) is 24.1 Å². The lowest BCUT2D eigenvalue weighted by atomic mass is 9.87. The van der Waals surface area contributed by atoms with Gasteiger partial charge in [-0.3, -0.25) is 4.79 Å². The Kier molecular flexibility index (Phi) is 10.5. The maximum Gasteiger partial charge on any atom is 0.242 e. The van der Waals surface area contributed by atoms with E-state index in [1.807, 2.05) is 48.0 Å². The van der Waals surface area contributed by atoms with Gasteiger partial charge in [0.1, 0.15) is 18.0 Å². The number of para-hydroxylation sites is 1. The molecule has 7 nitrogen and oxygen atoms in total. The molecule has 2 aliphatic rings. The predicted molar refractivity (Wildman–Crippen MR) is 176 cm³/mol. The summed E-state index contributed by atoms with van der Waals surface area (Å²) in [6.07, 6.45) is 10.2. The van der Waals surface area contributed by atoms with E-state index in [0.717, 1.165) is 43.0 Å². The molecule has 1 unspecified atom stereocenters. The van der Waals surface area contributed by atoms with E-state index in [1.165, 1.54) is 11.6 Å². The molecule has 1 saturated carbocycles. The Morgan fingerprint density at radius 1 is 1.07 bits per heavy atom. The van der Waals surface area contributed by atoms with Crippen molar-refractivity contribution < 1.29 is 18.3 Å². The van der Waals surface area contributed by atoms with Gasteiger partial charge in [-0.05, 0) is 79.3 Å². The number of amides is 1. The van der Waals surface area contributed by atoms with E-state index in [0.29, 0.717) is 55.8 Å². The molecule has 1 heterocycles. The molecule has 9 heteroatoms. The highest BCUT2D eigenvalue weighted by molar-refractivity contribution is 5.94. The summed E-state index contributed by atoms with van der Waals surface area (Å²) < 4.78 is 36.4. The number of hydrogen-bond acceptors (Lipinski definition) is 5. The molecule has 0 radical (unpaired) electrons. The molecule has 242 valence electrons. The number of imidazole rings is 1. The fourth-order valence-corrected chi connectivity index (χ4v) is 6.81. The number of hydrogen-bond donors (Lipinski definition) is 3. The van der Waals surface area contributed by atoms with E-state index in [2.05, 4.69) is 45.2 Å². The normalized spacial score (nSPS) is 19.9. The lowest BCUT2D eigenvalue weighted by Crippen LogP contribution is -2.48. The molecule has 46 heavy (non-hydrogen) atoms. The van der Waals surface area contributed by atoms with Crippen molar-refractivity contribution in [2.45, 2.75) is 95.7 Å². The second-order valence-electron chi connectivity index (χ2n) is 12.5. The number of nitrogens with one attached hydrogen (secondary N) is 3. The molecule has 2 aliphatic carbocycles. The van der Waals surface area contributed by atoms with Crippen molar-refractivity contribution in [1.29, 1.82) is 0 Å². The summed E-state index contributed by atoms with van der Waals surface area (Å²) in [4.78, 5) is 17.9. The minimum atomic E-state index is -0.546. The largest absolute Gasteiger partial charge is 0.372 e. The minimum absolute atomic E-state index is 0.0742. The van der Waals surface area contributed by atoms with E-state index in [1.54, 1.807) is 6.33 Å². The number of nitrogens with zero attached hydrogens (tertiary/aromatic N) is 2. The van der Waals surface area contributed by atoms with Crippen LogP contribution >= 0.6 is 0 Å². The fourth-order valence-electron chi connectivity index (χ4n) is 6.81. The Bertz CT molecular complexity index is 1610. The molecule has 3 N–H and O–H groups in total. The highest BCUT2D eigenvalue weighted by Gasteiger charge is 2.29. The van der Waals surface area contributed by atoms with Crippen molar-refractivity contribution in [2.75, 3.05) is 5.32 Å². The van der Waals surface area contributed by atoms with Crippen LogP contribution in [0.25, 0.3) is 5.69 Å². The standard InChI is InChI=1S/C37H43F2N5O2/c1-2-9-33(42-29-17-16-26-18-28(38)19-31(39)30(26)20-29)37(45)43-36-22-44(24-41-36)34-14-7-6-12-27(34)21-40-32-13-8-15-35(32)46-23-25-10-4-3-5-11-25/h3-7,10-12,14,18-19,22,24,29,32-33,35,40,42H,2,8-9,13,15-17,20-21,23H2,1H3,(H,43,45)/t29-,32+,33?,35+/m0/s1. The van der Waals surface area contributed by atoms with Crippen LogP contribution in [0.15, 0.2) is 79.3 Å². The number of fused-ring (bicyclic) bond motifs is 1. The smallest absolute Gasteiger partial charge is 0.242 e. The quantitative estimate of drug-likeness (QED) is 0.155. The first-order chi connectivity index (χ1) is 22.5. The molecule has 0 bridgehead atoms. The fraction of sp³-hybridized carbons (Fsp3) is 0.405. The molecule has 4 atom stereocenters. The zero-order valence-electron chi connectivity index (χ0n) is 26.4. The van der Waals surface area contributed by atoms with Gasteiger partial charge in [0.15, 0.2) is 5.82 Å². The lowest BCUT2D eigenvalue weighted by molar-refractivity contribution is -0.118. The van der Waals surface area contributed by atoms with Gasteiger partial charge in [0.2, 0.25) is 5.91 Å². The second-order valence-corrected chi connectivity index (χ2v) is 12.5. The predicted octanol–water partition coefficient (Wildman–Crippen LogP) is 6.63. The topological polar surface area (TPSA) is 80.2 Å². The maximum atomic E-state index is 14.5. The van der Waals surface area contributed by atoms with Crippen molar-refractivity contribution in [1.82, 2.24) is 20.2 Å². The SMILES string of the molecule is CCCC(N[C@H]1CCc2cc(F)cc(F)c2C1)C(=O)Nc1cn(-c2ccccc2CN[C@@H]2CCC[C@H]2OCc2ccccc2)cn1. The highest BCUT2D eigenvalue weighted by Crippen LogP contribution is 2.27. The summed E-state index contributed by atoms with van der Waals surface area (Å²) >= 11 is 0. The van der Waals surface area contributed by atoms with E-state index in [9.17, 15) is 13.6 Å². The van der Waals surface area contributed by atoms with Gasteiger partial charge in [-0.2, -0.15) is 0 Å². The zero-order valence-corrected chi connectivity index (χ0v) is 26.4. The first-order valence-corrected chi connectivity index (χ1v) is 16.5. The van der Waals surface area contributed by atoms with Crippen molar-refractivity contribution in [3.05, 3.63) is 113 Å². The third-order valence-electron chi connectivity index (χ3n) is 9.21. The Morgan fingerprint density at radius 2 is 1.89 bits per heavy atom. The molecule has 4 aromatic rings. The van der Waals surface area contributed by atoms with Gasteiger partial charge < -0.3 is 25.3 Å². The summed E-state index contributed by atoms with van der Waals surface area (Å²) in [7, 11) is 0. The van der Waals surface area contributed by atoms with Crippen LogP contribution in [0.1, 0.15) is 67.7 Å². The van der Waals surface area contributed by atoms with Crippen molar-refractivity contribution in [3.63, 3.8) is 0 Å². The summed E-state index contributed by atoms with van der Waals surface area (Å²) in [6, 6.07) is 20.6. The number of ether oxygens (including phenoxy) is 1. The van der Waals surface area contributed by atoms with Gasteiger partial charge in [0.05, 0.1) is 30.6 Å². The molecule has 6 rings (SSSR count). The number of aryl methyl sites for hydroxylation is 1. The van der Waals surface area contributed by atoms with E-state index in [4.69, 9.17) is 4.74 Å². The minimum Gasteiger partial charge on any atom is -0.372 e. The van der Waals surface area contributed by atoms with Crippen molar-refractivity contribution in [3.8, 4) is 5.69 Å². The van der Waals surface area contributed by atoms with Crippen LogP contribution in [0.5, 0.6) is 0 Å². The molecule has 1 aromatic heterocycles. The maximum absolute atomic E-state index is 14.5. The molecular formula is C37H43F2N5O2. The van der Waals surface area contributed by atoms with Gasteiger partial charge in [0, 0.05) is 24.7 Å². The van der Waals surface area contributed by atoms with Gasteiger partial charge in [-0.25, -0.2) is 13.8 Å². The van der Waals surface area contributed by atoms with Crippen molar-refractivity contribution in [2.24, 2.45) is 0 Å². The average Bonchev–Trinajstić information content (AvgIpc) is 3.73. The van der Waals surface area contributed by atoms with Crippen LogP contribution in [-0.2, 0) is 35.5 Å². The zero-order chi connectivity index (χ0) is 31.9. The summed E-state index contributed by atoms with van der Waals surface area (Å²) in [5, 5.41) is 10.2. The number of aromatic nitrogens is 2. The lowest BCUT2D eigenvalue weighted by Gasteiger charge is -2.29. The van der Waals surface area contributed by atoms with Crippen LogP contribution in [0.3, 0.4) is 0 Å². The monoisotopic (exact) mass is 627 g/mol. The Labute approximate surface area is 269 Å². The number of benzene rings is 3. The summed E-state index contributed by atoms with van der Waals surface area (Å²) in [5.74, 6) is -0.763. The van der Waals surface area contributed by atoms with Gasteiger partial charge in [-0.1, -0.05) is 61.9 Å². The number of carbonyl (C=O) groups is 1. The van der Waals surface area contributed by atoms with E-state index >= 15 is 0 Å². The molecule has 1 fully saturated rings. The van der Waals surface area contributed by atoms with Gasteiger partial charge in [0.25, 0.3) is 0 Å². The molecule has 0 aliphatic heterocycles. The third kappa shape index (κ3) is 7.89. The van der Waals surface area contributed by atoms with Crippen LogP contribution in [0.2, 0.25) is 0 Å². The number of halogens is 2. The first-order valence-electron chi connectivity index (χ1n) is 16.5. The number of anilines is 1. The van der Waals surface area contributed by atoms with Gasteiger partial charge in [-0.15, -0.1) is 0 Å². The third-order valence-corrected chi connectivity index (χ3v) is 9.21. The van der Waals surface area contributed by atoms with Crippen LogP contribution in [0.4, 0.5) is 14.6 Å². The van der Waals surface area contributed by atoms with Crippen LogP contribution < -0.4 is 16.0 Å². The molecule has 0 spiro atoms. The van der Waals surface area contributed by atoms with E-state index < -0.39 is 17.7 Å². The number of rotatable bonds is 13. The van der Waals surface area contributed by atoms with Gasteiger partial charge >= 0.3 is 0 Å². The Hall–Kier alpha value is -3.92. The highest BCUT2D eigenvalue weighted by atomic mass is 19.1. The molecular weight excluding hydrogens is 584 g/mol. The average molecular weight is 628 g/mol. The summed E-state index contributed by atoms with van der Waals surface area (Å²) in [5.41, 5.74) is 4.56. The Balaban J connectivity index is 1.06. The Morgan fingerprint density at radius 3 is 2.74 bits per heavy atom. The molecule has 3 aromatic carbocycles.